The van der Waals surface area contributed by atoms with E-state index in [4.69, 9.17) is 5.10 Å². The molecular weight excluding hydrogens is 763 g/mol. The van der Waals surface area contributed by atoms with Crippen LogP contribution in [0.5, 0.6) is 0 Å². The van der Waals surface area contributed by atoms with Gasteiger partial charge in [-0.1, -0.05) is 6.07 Å². The Bertz CT molecular complexity index is 2460. The number of fused-ring (bicyclic) bond motifs is 3. The molecule has 1 atom stereocenters. The summed E-state index contributed by atoms with van der Waals surface area (Å²) in [5.41, 5.74) is 6.80. The van der Waals surface area contributed by atoms with Gasteiger partial charge >= 0.3 is 0 Å². The molecule has 4 fully saturated rings. The third-order valence-corrected chi connectivity index (χ3v) is 13.6. The first-order chi connectivity index (χ1) is 29.3. The molecule has 5 aromatic rings. The second kappa shape index (κ2) is 16.0. The lowest BCUT2D eigenvalue weighted by atomic mass is 9.94. The first kappa shape index (κ1) is 38.3. The van der Waals surface area contributed by atoms with Crippen LogP contribution in [0.3, 0.4) is 0 Å². The number of nitrogens with zero attached hydrogens (tertiary/aromatic N) is 8. The predicted octanol–water partition coefficient (Wildman–Crippen LogP) is 4.08. The molecule has 0 saturated carbocycles. The van der Waals surface area contributed by atoms with Gasteiger partial charge < -0.3 is 35.0 Å². The van der Waals surface area contributed by atoms with E-state index >= 15 is 0 Å². The largest absolute Gasteiger partial charge is 0.396 e. The van der Waals surface area contributed by atoms with Crippen molar-refractivity contribution in [2.45, 2.75) is 70.0 Å². The first-order valence-electron chi connectivity index (χ1n) is 21.5. The molecule has 60 heavy (non-hydrogen) atoms. The molecule has 1 unspecified atom stereocenters. The number of hydrogen-bond acceptors (Lipinski definition) is 11. The van der Waals surface area contributed by atoms with E-state index in [-0.39, 0.29) is 48.6 Å². The molecule has 0 bridgehead atoms. The van der Waals surface area contributed by atoms with Gasteiger partial charge in [-0.15, -0.1) is 0 Å². The van der Waals surface area contributed by atoms with Gasteiger partial charge in [0.05, 0.1) is 40.3 Å². The van der Waals surface area contributed by atoms with E-state index in [0.717, 1.165) is 118 Å². The molecule has 2 aromatic carbocycles. The Hall–Kier alpha value is -5.87. The summed E-state index contributed by atoms with van der Waals surface area (Å²) >= 11 is 0. The van der Waals surface area contributed by atoms with E-state index in [0.29, 0.717) is 41.2 Å². The second-order valence-corrected chi connectivity index (χ2v) is 17.3. The van der Waals surface area contributed by atoms with Crippen LogP contribution in [0.1, 0.15) is 83.7 Å². The fourth-order valence-electron chi connectivity index (χ4n) is 10.1. The van der Waals surface area contributed by atoms with E-state index in [1.165, 1.54) is 0 Å². The van der Waals surface area contributed by atoms with Crippen molar-refractivity contribution in [1.29, 1.82) is 0 Å². The average Bonchev–Trinajstić information content (AvgIpc) is 4.01. The Morgan fingerprint density at radius 3 is 2.43 bits per heavy atom. The maximum Gasteiger partial charge on any atom is 0.258 e. The fraction of sp³-hybridized carbons (Fsp3) is 0.477. The lowest BCUT2D eigenvalue weighted by Crippen LogP contribution is -2.52. The minimum atomic E-state index is -0.603. The van der Waals surface area contributed by atoms with Crippen molar-refractivity contribution >= 4 is 62.8 Å². The number of pyridine rings is 1. The Morgan fingerprint density at radius 1 is 0.867 bits per heavy atom. The molecule has 10 rings (SSSR count). The van der Waals surface area contributed by atoms with Crippen molar-refractivity contribution in [3.63, 3.8) is 0 Å². The summed E-state index contributed by atoms with van der Waals surface area (Å²) in [7, 11) is 0. The number of imidazole rings is 1. The zero-order valence-corrected chi connectivity index (χ0v) is 33.7. The number of H-pyrrole nitrogens is 1. The van der Waals surface area contributed by atoms with Crippen LogP contribution in [0.15, 0.2) is 55.1 Å². The number of likely N-dealkylation sites (tertiary alicyclic amines) is 1. The van der Waals surface area contributed by atoms with Crippen molar-refractivity contribution in [2.75, 3.05) is 67.5 Å². The molecule has 5 aliphatic heterocycles. The molecule has 0 radical (unpaired) electrons. The SMILES string of the molecule is O=C1CCC(N2Cc3ccc(N4CCC(CN5CCC(n6cc7cc(NC(=O)c8ccnc9nc[nH]c89)c(N8CCC(CO)CC8)cc7n6)CC5)CC4)cc3C2=O)C(=O)N1. The third kappa shape index (κ3) is 7.35. The zero-order chi connectivity index (χ0) is 40.9. The summed E-state index contributed by atoms with van der Waals surface area (Å²) in [6, 6.07) is 11.7. The summed E-state index contributed by atoms with van der Waals surface area (Å²) in [6.45, 7) is 7.14. The molecule has 4 N–H and O–H groups in total. The number of amides is 4. The summed E-state index contributed by atoms with van der Waals surface area (Å²) in [6.07, 6.45) is 11.9. The topological polar surface area (TPSA) is 185 Å². The van der Waals surface area contributed by atoms with Crippen molar-refractivity contribution in [3.8, 4) is 0 Å². The van der Waals surface area contributed by atoms with Crippen LogP contribution < -0.4 is 20.4 Å². The highest BCUT2D eigenvalue weighted by molar-refractivity contribution is 6.13. The van der Waals surface area contributed by atoms with Gasteiger partial charge in [0, 0.05) is 94.4 Å². The van der Waals surface area contributed by atoms with Crippen LogP contribution in [0.2, 0.25) is 0 Å². The van der Waals surface area contributed by atoms with E-state index in [2.05, 4.69) is 63.3 Å². The van der Waals surface area contributed by atoms with Crippen LogP contribution in [-0.2, 0) is 16.1 Å². The highest BCUT2D eigenvalue weighted by atomic mass is 16.3. The van der Waals surface area contributed by atoms with E-state index in [1.54, 1.807) is 23.5 Å². The lowest BCUT2D eigenvalue weighted by molar-refractivity contribution is -0.136. The van der Waals surface area contributed by atoms with Crippen molar-refractivity contribution in [3.05, 3.63) is 71.8 Å². The van der Waals surface area contributed by atoms with Gasteiger partial charge in [0.15, 0.2) is 5.65 Å². The molecule has 8 heterocycles. The molecule has 0 spiro atoms. The molecule has 4 amide bonds. The number of nitrogens with one attached hydrogen (secondary N) is 3. The number of imide groups is 1. The molecule has 3 aromatic heterocycles. The predicted molar refractivity (Wildman–Crippen MR) is 226 cm³/mol. The Kier molecular flexibility index (Phi) is 10.2. The van der Waals surface area contributed by atoms with Crippen LogP contribution in [-0.4, -0.2) is 122 Å². The maximum absolute atomic E-state index is 13.7. The van der Waals surface area contributed by atoms with Gasteiger partial charge in [0.2, 0.25) is 11.8 Å². The average molecular weight is 814 g/mol. The smallest absolute Gasteiger partial charge is 0.258 e. The van der Waals surface area contributed by atoms with Gasteiger partial charge in [-0.25, -0.2) is 9.97 Å². The third-order valence-electron chi connectivity index (χ3n) is 13.6. The second-order valence-electron chi connectivity index (χ2n) is 17.3. The molecule has 312 valence electrons. The summed E-state index contributed by atoms with van der Waals surface area (Å²) in [4.78, 5) is 71.7. The van der Waals surface area contributed by atoms with E-state index < -0.39 is 6.04 Å². The molecule has 0 aliphatic carbocycles. The van der Waals surface area contributed by atoms with Gasteiger partial charge in [-0.3, -0.25) is 29.2 Å². The molecule has 16 nitrogen and oxygen atoms in total. The number of anilines is 3. The van der Waals surface area contributed by atoms with Crippen LogP contribution in [0, 0.1) is 11.8 Å². The van der Waals surface area contributed by atoms with Gasteiger partial charge in [0.1, 0.15) is 6.04 Å². The Labute approximate surface area is 347 Å². The minimum absolute atomic E-state index is 0.130. The van der Waals surface area contributed by atoms with Gasteiger partial charge in [-0.05, 0) is 92.7 Å². The van der Waals surface area contributed by atoms with Crippen LogP contribution >= 0.6 is 0 Å². The number of aliphatic hydroxyl groups is 1. The number of rotatable bonds is 9. The highest BCUT2D eigenvalue weighted by Crippen LogP contribution is 2.37. The van der Waals surface area contributed by atoms with Crippen molar-refractivity contribution < 1.29 is 24.3 Å². The quantitative estimate of drug-likeness (QED) is 0.157. The standard InChI is InChI=1S/C44H51N11O5/c56-25-28-8-17-53(18-9-28)38-21-35-30(19-36(38)48-42(58)33-5-12-45-41-40(33)46-26-47-41)24-55(50-35)31-10-13-51(14-11-31)22-27-6-15-52(16-7-27)32-2-1-29-23-54(44(60)34(29)20-32)37-3-4-39(57)49-43(37)59/h1-2,5,12,19-21,24,26-28,31,37,56H,3-4,6-11,13-18,22-23,25H2,(H,48,58)(H,45,46,47)(H,49,57,59). The number of piperidine rings is 4. The Morgan fingerprint density at radius 2 is 1.65 bits per heavy atom. The monoisotopic (exact) mass is 813 g/mol. The normalized spacial score (nSPS) is 21.3. The van der Waals surface area contributed by atoms with Gasteiger partial charge in [-0.2, -0.15) is 5.10 Å². The number of carbonyl (C=O) groups excluding carboxylic acids is 4. The minimum Gasteiger partial charge on any atom is -0.396 e. The number of aromatic amines is 1. The lowest BCUT2D eigenvalue weighted by Gasteiger charge is -2.38. The Balaban J connectivity index is 0.761. The van der Waals surface area contributed by atoms with E-state index in [1.807, 2.05) is 18.2 Å². The molecule has 4 saturated heterocycles. The fourth-order valence-corrected chi connectivity index (χ4v) is 10.1. The number of hydrogen-bond donors (Lipinski definition) is 4. The first-order valence-corrected chi connectivity index (χ1v) is 21.5. The number of benzene rings is 2. The zero-order valence-electron chi connectivity index (χ0n) is 33.7. The van der Waals surface area contributed by atoms with Gasteiger partial charge in [0.25, 0.3) is 11.8 Å². The molecule has 16 heteroatoms. The number of aromatic nitrogens is 5. The summed E-state index contributed by atoms with van der Waals surface area (Å²) < 4.78 is 2.14. The molecular formula is C44H51N11O5. The van der Waals surface area contributed by atoms with Crippen LogP contribution in [0.25, 0.3) is 22.1 Å². The van der Waals surface area contributed by atoms with Crippen molar-refractivity contribution in [2.24, 2.45) is 11.8 Å². The summed E-state index contributed by atoms with van der Waals surface area (Å²) in [5.74, 6) is -0.128. The number of carbonyl (C=O) groups is 4. The number of aliphatic hydroxyl groups excluding tert-OH is 1. The summed E-state index contributed by atoms with van der Waals surface area (Å²) in [5, 5.41) is 21.5. The van der Waals surface area contributed by atoms with Crippen LogP contribution in [0.4, 0.5) is 17.1 Å². The maximum atomic E-state index is 13.7. The van der Waals surface area contributed by atoms with E-state index in [9.17, 15) is 24.3 Å². The highest BCUT2D eigenvalue weighted by Gasteiger charge is 2.39. The van der Waals surface area contributed by atoms with Crippen molar-refractivity contribution in [1.82, 2.24) is 39.8 Å². The molecule has 5 aliphatic rings.